The van der Waals surface area contributed by atoms with Gasteiger partial charge in [-0.15, -0.1) is 11.8 Å². The number of rotatable bonds is 2. The third-order valence-corrected chi connectivity index (χ3v) is 5.78. The first-order valence-electron chi connectivity index (χ1n) is 6.10. The summed E-state index contributed by atoms with van der Waals surface area (Å²) in [6, 6.07) is 16.2. The molecule has 1 heterocycles. The summed E-state index contributed by atoms with van der Waals surface area (Å²) in [7, 11) is 0. The molecule has 2 nitrogen and oxygen atoms in total. The fourth-order valence-electron chi connectivity index (χ4n) is 2.21. The van der Waals surface area contributed by atoms with Crippen molar-refractivity contribution in [3.63, 3.8) is 0 Å². The van der Waals surface area contributed by atoms with Gasteiger partial charge in [-0.1, -0.05) is 34.1 Å². The number of thioether (sulfide) groups is 1. The van der Waals surface area contributed by atoms with Gasteiger partial charge in [-0.05, 0) is 58.5 Å². The number of amides is 1. The molecule has 20 heavy (non-hydrogen) atoms. The van der Waals surface area contributed by atoms with Gasteiger partial charge in [0.25, 0.3) is 0 Å². The smallest absolute Gasteiger partial charge is 0.238 e. The molecule has 0 bridgehead atoms. The summed E-state index contributed by atoms with van der Waals surface area (Å²) in [4.78, 5) is 14.1. The van der Waals surface area contributed by atoms with Gasteiger partial charge in [-0.3, -0.25) is 9.69 Å². The van der Waals surface area contributed by atoms with Crippen molar-refractivity contribution >= 4 is 61.9 Å². The molecule has 0 aromatic heterocycles. The van der Waals surface area contributed by atoms with E-state index in [0.717, 1.165) is 15.7 Å². The molecule has 102 valence electrons. The van der Waals surface area contributed by atoms with E-state index in [1.54, 1.807) is 11.8 Å². The van der Waals surface area contributed by atoms with Crippen molar-refractivity contribution in [1.29, 1.82) is 0 Å². The van der Waals surface area contributed by atoms with E-state index in [1.165, 1.54) is 3.57 Å². The standard InChI is InChI=1S/C15H11BrINOS/c16-13-4-2-1-3-12(13)15-18(14(19)9-20-15)11-7-5-10(17)6-8-11/h1-8,15H,9H2. The van der Waals surface area contributed by atoms with Gasteiger partial charge >= 0.3 is 0 Å². The van der Waals surface area contributed by atoms with E-state index in [2.05, 4.69) is 44.6 Å². The summed E-state index contributed by atoms with van der Waals surface area (Å²) in [5.74, 6) is 0.690. The highest BCUT2D eigenvalue weighted by atomic mass is 127. The first-order chi connectivity index (χ1) is 9.66. The van der Waals surface area contributed by atoms with Crippen molar-refractivity contribution in [2.75, 3.05) is 10.7 Å². The zero-order valence-electron chi connectivity index (χ0n) is 10.4. The topological polar surface area (TPSA) is 20.3 Å². The molecule has 2 aromatic carbocycles. The maximum atomic E-state index is 12.2. The molecule has 0 saturated carbocycles. The van der Waals surface area contributed by atoms with E-state index < -0.39 is 0 Å². The van der Waals surface area contributed by atoms with Gasteiger partial charge in [0.2, 0.25) is 5.91 Å². The van der Waals surface area contributed by atoms with E-state index in [-0.39, 0.29) is 11.3 Å². The Balaban J connectivity index is 2.01. The minimum absolute atomic E-state index is 0.0399. The highest BCUT2D eigenvalue weighted by molar-refractivity contribution is 14.1. The van der Waals surface area contributed by atoms with Crippen LogP contribution in [0.25, 0.3) is 0 Å². The Morgan fingerprint density at radius 3 is 2.55 bits per heavy atom. The molecular weight excluding hydrogens is 449 g/mol. The first-order valence-corrected chi connectivity index (χ1v) is 9.02. The maximum absolute atomic E-state index is 12.2. The molecule has 1 atom stereocenters. The maximum Gasteiger partial charge on any atom is 0.238 e. The lowest BCUT2D eigenvalue weighted by atomic mass is 10.2. The second-order valence-corrected chi connectivity index (χ2v) is 7.59. The molecule has 0 aliphatic carbocycles. The summed E-state index contributed by atoms with van der Waals surface area (Å²) in [6.07, 6.45) is 0. The van der Waals surface area contributed by atoms with Crippen molar-refractivity contribution in [1.82, 2.24) is 0 Å². The molecule has 1 saturated heterocycles. The molecule has 5 heteroatoms. The fourth-order valence-corrected chi connectivity index (χ4v) is 4.44. The summed E-state index contributed by atoms with van der Waals surface area (Å²) in [6.45, 7) is 0. The Morgan fingerprint density at radius 1 is 1.15 bits per heavy atom. The highest BCUT2D eigenvalue weighted by Gasteiger charge is 2.34. The third kappa shape index (κ3) is 2.76. The number of nitrogens with zero attached hydrogens (tertiary/aromatic N) is 1. The van der Waals surface area contributed by atoms with Gasteiger partial charge in [0.1, 0.15) is 5.37 Å². The van der Waals surface area contributed by atoms with Crippen LogP contribution in [-0.2, 0) is 4.79 Å². The number of carbonyl (C=O) groups is 1. The molecule has 0 N–H and O–H groups in total. The number of hydrogen-bond acceptors (Lipinski definition) is 2. The van der Waals surface area contributed by atoms with Crippen LogP contribution in [0.3, 0.4) is 0 Å². The van der Waals surface area contributed by atoms with Crippen LogP contribution in [0, 0.1) is 3.57 Å². The van der Waals surface area contributed by atoms with E-state index in [0.29, 0.717) is 5.75 Å². The van der Waals surface area contributed by atoms with Gasteiger partial charge < -0.3 is 0 Å². The monoisotopic (exact) mass is 459 g/mol. The lowest BCUT2D eigenvalue weighted by Gasteiger charge is -2.25. The van der Waals surface area contributed by atoms with Crippen LogP contribution in [0.5, 0.6) is 0 Å². The van der Waals surface area contributed by atoms with Gasteiger partial charge in [0.05, 0.1) is 5.75 Å². The van der Waals surface area contributed by atoms with E-state index >= 15 is 0 Å². The van der Waals surface area contributed by atoms with Crippen molar-refractivity contribution in [3.8, 4) is 0 Å². The Bertz CT molecular complexity index is 647. The predicted octanol–water partition coefficient (Wildman–Crippen LogP) is 4.83. The SMILES string of the molecule is O=C1CSC(c2ccccc2Br)N1c1ccc(I)cc1. The number of halogens is 2. The molecule has 1 aliphatic heterocycles. The number of carbonyl (C=O) groups excluding carboxylic acids is 1. The summed E-state index contributed by atoms with van der Waals surface area (Å²) in [5.41, 5.74) is 2.10. The molecule has 1 amide bonds. The van der Waals surface area contributed by atoms with Crippen molar-refractivity contribution in [2.24, 2.45) is 0 Å². The minimum Gasteiger partial charge on any atom is -0.295 e. The number of benzene rings is 2. The Hall–Kier alpha value is -0.530. The molecule has 1 unspecified atom stereocenters. The number of hydrogen-bond donors (Lipinski definition) is 0. The average molecular weight is 460 g/mol. The Morgan fingerprint density at radius 2 is 1.85 bits per heavy atom. The first kappa shape index (κ1) is 14.4. The van der Waals surface area contributed by atoms with Gasteiger partial charge in [-0.25, -0.2) is 0 Å². The van der Waals surface area contributed by atoms with Crippen molar-refractivity contribution < 1.29 is 4.79 Å². The fraction of sp³-hybridized carbons (Fsp3) is 0.133. The summed E-state index contributed by atoms with van der Waals surface area (Å²) in [5, 5.41) is 0.0399. The highest BCUT2D eigenvalue weighted by Crippen LogP contribution is 2.43. The van der Waals surface area contributed by atoms with Crippen LogP contribution in [0.1, 0.15) is 10.9 Å². The van der Waals surface area contributed by atoms with E-state index in [1.807, 2.05) is 47.4 Å². The quantitative estimate of drug-likeness (QED) is 0.599. The lowest BCUT2D eigenvalue weighted by molar-refractivity contribution is -0.115. The molecule has 2 aromatic rings. The van der Waals surface area contributed by atoms with Crippen LogP contribution >= 0.6 is 50.3 Å². The second kappa shape index (κ2) is 6.07. The van der Waals surface area contributed by atoms with E-state index in [4.69, 9.17) is 0 Å². The zero-order valence-corrected chi connectivity index (χ0v) is 15.0. The summed E-state index contributed by atoms with van der Waals surface area (Å²) < 4.78 is 2.21. The van der Waals surface area contributed by atoms with Crippen molar-refractivity contribution in [3.05, 3.63) is 62.1 Å². The molecule has 1 aliphatic rings. The predicted molar refractivity (Wildman–Crippen MR) is 96.0 cm³/mol. The van der Waals surface area contributed by atoms with Crippen LogP contribution in [-0.4, -0.2) is 11.7 Å². The largest absolute Gasteiger partial charge is 0.295 e. The average Bonchev–Trinajstić information content (AvgIpc) is 2.82. The van der Waals surface area contributed by atoms with Crippen LogP contribution in [0.4, 0.5) is 5.69 Å². The molecular formula is C15H11BrINOS. The van der Waals surface area contributed by atoms with Crippen LogP contribution in [0.2, 0.25) is 0 Å². The van der Waals surface area contributed by atoms with Crippen molar-refractivity contribution in [2.45, 2.75) is 5.37 Å². The van der Waals surface area contributed by atoms with Gasteiger partial charge in [0, 0.05) is 13.7 Å². The third-order valence-electron chi connectivity index (χ3n) is 3.14. The Kier molecular flexibility index (Phi) is 4.37. The molecule has 0 radical (unpaired) electrons. The number of anilines is 1. The van der Waals surface area contributed by atoms with Gasteiger partial charge in [0.15, 0.2) is 0 Å². The van der Waals surface area contributed by atoms with Crippen LogP contribution < -0.4 is 4.90 Å². The van der Waals surface area contributed by atoms with Gasteiger partial charge in [-0.2, -0.15) is 0 Å². The Labute approximate surface area is 144 Å². The second-order valence-electron chi connectivity index (χ2n) is 4.43. The van der Waals surface area contributed by atoms with E-state index in [9.17, 15) is 4.79 Å². The van der Waals surface area contributed by atoms with Crippen LogP contribution in [0.15, 0.2) is 53.0 Å². The lowest BCUT2D eigenvalue weighted by Crippen LogP contribution is -2.27. The normalized spacial score (nSPS) is 18.6. The summed E-state index contributed by atoms with van der Waals surface area (Å²) >= 11 is 7.53. The zero-order chi connectivity index (χ0) is 14.1. The molecule has 0 spiro atoms. The molecule has 3 rings (SSSR count). The molecule has 1 fully saturated rings. The minimum atomic E-state index is 0.0399.